The van der Waals surface area contributed by atoms with Gasteiger partial charge in [0.25, 0.3) is 0 Å². The van der Waals surface area contributed by atoms with Crippen molar-refractivity contribution in [2.24, 2.45) is 0 Å². The second kappa shape index (κ2) is 4.81. The Morgan fingerprint density at radius 3 is 2.60 bits per heavy atom. The molecule has 2 rings (SSSR count). The molecule has 2 fully saturated rings. The summed E-state index contributed by atoms with van der Waals surface area (Å²) in [6.45, 7) is 7.72. The third-order valence-corrected chi connectivity index (χ3v) is 3.42. The first-order valence-corrected chi connectivity index (χ1v) is 6.31. The first kappa shape index (κ1) is 11.4. The zero-order valence-electron chi connectivity index (χ0n) is 10.1. The minimum Gasteiger partial charge on any atom is -0.375 e. The van der Waals surface area contributed by atoms with Crippen LogP contribution in [0.25, 0.3) is 0 Å². The summed E-state index contributed by atoms with van der Waals surface area (Å²) in [6.07, 6.45) is 6.38. The molecule has 2 saturated heterocycles. The van der Waals surface area contributed by atoms with Gasteiger partial charge in [-0.3, -0.25) is 5.43 Å². The monoisotopic (exact) mass is 212 g/mol. The first-order chi connectivity index (χ1) is 7.16. The van der Waals surface area contributed by atoms with Crippen LogP contribution in [0.4, 0.5) is 0 Å². The second-order valence-corrected chi connectivity index (χ2v) is 5.47. The number of nitrogens with one attached hydrogen (secondary N) is 1. The lowest BCUT2D eigenvalue weighted by Gasteiger charge is -2.39. The topological polar surface area (TPSA) is 24.5 Å². The van der Waals surface area contributed by atoms with Crippen molar-refractivity contribution in [1.29, 1.82) is 0 Å². The molecular formula is C12H24N2O. The summed E-state index contributed by atoms with van der Waals surface area (Å²) in [5, 5.41) is 2.41. The molecule has 88 valence electrons. The molecule has 1 unspecified atom stereocenters. The van der Waals surface area contributed by atoms with E-state index in [2.05, 4.69) is 24.3 Å². The van der Waals surface area contributed by atoms with Gasteiger partial charge in [0.1, 0.15) is 0 Å². The van der Waals surface area contributed by atoms with Crippen LogP contribution in [0.2, 0.25) is 0 Å². The van der Waals surface area contributed by atoms with E-state index in [-0.39, 0.29) is 5.60 Å². The molecule has 0 aromatic carbocycles. The highest BCUT2D eigenvalue weighted by Crippen LogP contribution is 2.24. The molecule has 0 spiro atoms. The molecular weight excluding hydrogens is 188 g/mol. The molecule has 0 aromatic heterocycles. The summed E-state index contributed by atoms with van der Waals surface area (Å²) in [7, 11) is 0. The largest absolute Gasteiger partial charge is 0.375 e. The highest BCUT2D eigenvalue weighted by atomic mass is 16.5. The Kier molecular flexibility index (Phi) is 3.65. The Hall–Kier alpha value is -0.120. The molecule has 0 amide bonds. The molecule has 15 heavy (non-hydrogen) atoms. The van der Waals surface area contributed by atoms with Crippen LogP contribution >= 0.6 is 0 Å². The van der Waals surface area contributed by atoms with Crippen molar-refractivity contribution in [3.8, 4) is 0 Å². The van der Waals surface area contributed by atoms with Gasteiger partial charge in [0, 0.05) is 25.7 Å². The zero-order chi connectivity index (χ0) is 10.7. The van der Waals surface area contributed by atoms with Gasteiger partial charge in [0.05, 0.1) is 5.60 Å². The number of hydrogen-bond acceptors (Lipinski definition) is 3. The Labute approximate surface area is 93.1 Å². The minimum atomic E-state index is 0.0612. The van der Waals surface area contributed by atoms with Crippen LogP contribution in [0.3, 0.4) is 0 Å². The average Bonchev–Trinajstić information content (AvgIpc) is 2.17. The van der Waals surface area contributed by atoms with Crippen molar-refractivity contribution in [2.75, 3.05) is 19.7 Å². The predicted molar refractivity (Wildman–Crippen MR) is 61.6 cm³/mol. The lowest BCUT2D eigenvalue weighted by atomic mass is 9.94. The van der Waals surface area contributed by atoms with E-state index in [0.717, 1.165) is 19.4 Å². The minimum absolute atomic E-state index is 0.0612. The molecule has 3 heteroatoms. The van der Waals surface area contributed by atoms with Gasteiger partial charge in [-0.25, -0.2) is 5.01 Å². The molecule has 0 aromatic rings. The van der Waals surface area contributed by atoms with Crippen molar-refractivity contribution >= 4 is 0 Å². The highest BCUT2D eigenvalue weighted by molar-refractivity contribution is 4.82. The summed E-state index contributed by atoms with van der Waals surface area (Å²) < 4.78 is 5.73. The Morgan fingerprint density at radius 1 is 1.20 bits per heavy atom. The highest BCUT2D eigenvalue weighted by Gasteiger charge is 2.29. The summed E-state index contributed by atoms with van der Waals surface area (Å²) in [5.41, 5.74) is 3.73. The molecule has 1 N–H and O–H groups in total. The van der Waals surface area contributed by atoms with E-state index < -0.39 is 0 Å². The maximum Gasteiger partial charge on any atom is 0.0641 e. The van der Waals surface area contributed by atoms with E-state index >= 15 is 0 Å². The van der Waals surface area contributed by atoms with E-state index in [4.69, 9.17) is 4.74 Å². The maximum absolute atomic E-state index is 5.73. The van der Waals surface area contributed by atoms with Gasteiger partial charge in [0.15, 0.2) is 0 Å². The molecule has 3 nitrogen and oxygen atoms in total. The van der Waals surface area contributed by atoms with Crippen molar-refractivity contribution in [3.05, 3.63) is 0 Å². The summed E-state index contributed by atoms with van der Waals surface area (Å²) >= 11 is 0. The molecule has 0 bridgehead atoms. The van der Waals surface area contributed by atoms with Gasteiger partial charge in [-0.2, -0.15) is 0 Å². The quantitative estimate of drug-likeness (QED) is 0.757. The van der Waals surface area contributed by atoms with Crippen molar-refractivity contribution < 1.29 is 4.74 Å². The van der Waals surface area contributed by atoms with Crippen molar-refractivity contribution in [1.82, 2.24) is 10.4 Å². The van der Waals surface area contributed by atoms with Crippen molar-refractivity contribution in [2.45, 2.75) is 57.6 Å². The number of rotatable bonds is 2. The summed E-state index contributed by atoms with van der Waals surface area (Å²) in [4.78, 5) is 0. The normalized spacial score (nSPS) is 32.8. The smallest absolute Gasteiger partial charge is 0.0641 e. The molecule has 1 atom stereocenters. The molecule has 0 aliphatic carbocycles. The van der Waals surface area contributed by atoms with E-state index in [1.54, 1.807) is 0 Å². The lowest BCUT2D eigenvalue weighted by Crippen LogP contribution is -2.52. The maximum atomic E-state index is 5.73. The van der Waals surface area contributed by atoms with E-state index in [1.165, 1.54) is 32.4 Å². The van der Waals surface area contributed by atoms with Gasteiger partial charge >= 0.3 is 0 Å². The number of ether oxygens (including phenoxy) is 1. The van der Waals surface area contributed by atoms with E-state index in [9.17, 15) is 0 Å². The molecule has 2 aliphatic heterocycles. The number of hydrogen-bond donors (Lipinski definition) is 1. The standard InChI is InChI=1S/C12H24N2O/c1-12(2)10-11(6-9-15-12)13-14-7-4-3-5-8-14/h11,13H,3-10H2,1-2H3. The van der Waals surface area contributed by atoms with Crippen LogP contribution in [0, 0.1) is 0 Å². The van der Waals surface area contributed by atoms with Gasteiger partial charge < -0.3 is 4.74 Å². The van der Waals surface area contributed by atoms with Crippen LogP contribution in [0.5, 0.6) is 0 Å². The van der Waals surface area contributed by atoms with Crippen LogP contribution in [0.15, 0.2) is 0 Å². The summed E-state index contributed by atoms with van der Waals surface area (Å²) in [5.74, 6) is 0. The van der Waals surface area contributed by atoms with E-state index in [0.29, 0.717) is 6.04 Å². The summed E-state index contributed by atoms with van der Waals surface area (Å²) in [6, 6.07) is 0.617. The fourth-order valence-electron chi connectivity index (χ4n) is 2.62. The number of nitrogens with zero attached hydrogens (tertiary/aromatic N) is 1. The molecule has 0 saturated carbocycles. The van der Waals surface area contributed by atoms with Crippen LogP contribution in [0.1, 0.15) is 46.0 Å². The molecule has 0 radical (unpaired) electrons. The van der Waals surface area contributed by atoms with Gasteiger partial charge in [-0.05, 0) is 39.5 Å². The van der Waals surface area contributed by atoms with Crippen LogP contribution in [-0.4, -0.2) is 36.3 Å². The predicted octanol–water partition coefficient (Wildman–Crippen LogP) is 1.93. The third kappa shape index (κ3) is 3.44. The number of hydrazine groups is 1. The average molecular weight is 212 g/mol. The van der Waals surface area contributed by atoms with Crippen molar-refractivity contribution in [3.63, 3.8) is 0 Å². The Balaban J connectivity index is 1.78. The van der Waals surface area contributed by atoms with Gasteiger partial charge in [-0.15, -0.1) is 0 Å². The SMILES string of the molecule is CC1(C)CC(NN2CCCCC2)CCO1. The first-order valence-electron chi connectivity index (χ1n) is 6.31. The Morgan fingerprint density at radius 2 is 1.93 bits per heavy atom. The third-order valence-electron chi connectivity index (χ3n) is 3.42. The lowest BCUT2D eigenvalue weighted by molar-refractivity contribution is -0.0741. The van der Waals surface area contributed by atoms with Gasteiger partial charge in [0.2, 0.25) is 0 Å². The fourth-order valence-corrected chi connectivity index (χ4v) is 2.62. The van der Waals surface area contributed by atoms with Crippen LogP contribution < -0.4 is 5.43 Å². The van der Waals surface area contributed by atoms with Crippen LogP contribution in [-0.2, 0) is 4.74 Å². The molecule has 2 heterocycles. The second-order valence-electron chi connectivity index (χ2n) is 5.47. The van der Waals surface area contributed by atoms with Gasteiger partial charge in [-0.1, -0.05) is 6.42 Å². The number of piperidine rings is 1. The molecule has 2 aliphatic rings. The fraction of sp³-hybridized carbons (Fsp3) is 1.00. The zero-order valence-corrected chi connectivity index (χ0v) is 10.1. The van der Waals surface area contributed by atoms with E-state index in [1.807, 2.05) is 0 Å². The Bertz CT molecular complexity index is 200.